The molecule has 1 aliphatic carbocycles. The predicted molar refractivity (Wildman–Crippen MR) is 128 cm³/mol. The number of thiazole rings is 1. The number of hydrogen-bond donors (Lipinski definition) is 3. The fraction of sp³-hybridized carbons (Fsp3) is 0.409. The number of hydrogen-bond acceptors (Lipinski definition) is 7. The van der Waals surface area contributed by atoms with Crippen molar-refractivity contribution in [1.29, 1.82) is 0 Å². The van der Waals surface area contributed by atoms with E-state index < -0.39 is 11.8 Å². The smallest absolute Gasteiger partial charge is 0.277 e. The molecule has 174 valence electrons. The van der Waals surface area contributed by atoms with Crippen molar-refractivity contribution >= 4 is 56.9 Å². The van der Waals surface area contributed by atoms with Crippen molar-refractivity contribution in [3.05, 3.63) is 29.3 Å². The maximum absolute atomic E-state index is 12.8. The van der Waals surface area contributed by atoms with E-state index >= 15 is 0 Å². The first kappa shape index (κ1) is 22.7. The van der Waals surface area contributed by atoms with Crippen molar-refractivity contribution in [2.75, 3.05) is 23.0 Å². The van der Waals surface area contributed by atoms with Gasteiger partial charge in [0.25, 0.3) is 5.91 Å². The van der Waals surface area contributed by atoms with Gasteiger partial charge >= 0.3 is 0 Å². The second kappa shape index (κ2) is 9.57. The Morgan fingerprint density at radius 2 is 2.00 bits per heavy atom. The van der Waals surface area contributed by atoms with Crippen molar-refractivity contribution in [3.63, 3.8) is 0 Å². The van der Waals surface area contributed by atoms with E-state index in [0.29, 0.717) is 23.4 Å². The third-order valence-electron chi connectivity index (χ3n) is 5.99. The summed E-state index contributed by atoms with van der Waals surface area (Å²) >= 11 is 1.17. The predicted octanol–water partition coefficient (Wildman–Crippen LogP) is 2.75. The molecule has 2 aromatic heterocycles. The summed E-state index contributed by atoms with van der Waals surface area (Å²) in [5, 5.41) is 4.59. The van der Waals surface area contributed by atoms with Gasteiger partial charge in [-0.25, -0.2) is 9.97 Å². The Kier molecular flexibility index (Phi) is 6.59. The molecule has 1 aliphatic rings. The van der Waals surface area contributed by atoms with Crippen LogP contribution in [0.1, 0.15) is 49.0 Å². The van der Waals surface area contributed by atoms with Crippen LogP contribution in [0.2, 0.25) is 0 Å². The van der Waals surface area contributed by atoms with Gasteiger partial charge in [0.15, 0.2) is 5.13 Å². The molecule has 3 amide bonds. The van der Waals surface area contributed by atoms with Gasteiger partial charge in [0.05, 0.1) is 11.0 Å². The van der Waals surface area contributed by atoms with Gasteiger partial charge in [-0.05, 0) is 37.0 Å². The van der Waals surface area contributed by atoms with Gasteiger partial charge in [-0.15, -0.1) is 11.3 Å². The molecule has 4 rings (SSSR count). The minimum absolute atomic E-state index is 0.0732. The fourth-order valence-corrected chi connectivity index (χ4v) is 4.71. The van der Waals surface area contributed by atoms with E-state index in [1.54, 1.807) is 28.0 Å². The van der Waals surface area contributed by atoms with E-state index in [0.717, 1.165) is 18.5 Å². The van der Waals surface area contributed by atoms with Gasteiger partial charge in [0.2, 0.25) is 17.8 Å². The molecule has 3 aromatic rings. The monoisotopic (exact) mass is 469 g/mol. The van der Waals surface area contributed by atoms with Crippen LogP contribution in [-0.4, -0.2) is 39.3 Å². The summed E-state index contributed by atoms with van der Waals surface area (Å²) in [6.45, 7) is 0.246. The highest BCUT2D eigenvalue weighted by Gasteiger charge is 2.22. The molecule has 0 radical (unpaired) electrons. The Labute approximate surface area is 195 Å². The van der Waals surface area contributed by atoms with Crippen LogP contribution in [0.5, 0.6) is 0 Å². The molecular formula is C22H27N7O3S. The molecule has 11 heteroatoms. The zero-order chi connectivity index (χ0) is 23.5. The Morgan fingerprint density at radius 3 is 2.67 bits per heavy atom. The second-order valence-corrected chi connectivity index (χ2v) is 9.20. The number of imidazole rings is 1. The van der Waals surface area contributed by atoms with Gasteiger partial charge in [-0.1, -0.05) is 12.8 Å². The number of benzene rings is 1. The molecule has 0 unspecified atom stereocenters. The Bertz CT molecular complexity index is 1200. The van der Waals surface area contributed by atoms with Gasteiger partial charge < -0.3 is 20.9 Å². The molecule has 0 spiro atoms. The standard InChI is InChI=1S/C22H27N7O3S/c1-28(19(31)10-13-4-2-3-5-13)14-6-7-17-15(11-14)26-22(29(17)9-8-18(23)30)27-20(32)16-12-33-21(24)25-16/h6-7,11-13H,2-5,8-10H2,1H3,(H2,23,30)(H2,24,25)(H,26,27,32). The summed E-state index contributed by atoms with van der Waals surface area (Å²) in [6.07, 6.45) is 5.23. The molecule has 1 aromatic carbocycles. The zero-order valence-electron chi connectivity index (χ0n) is 18.4. The van der Waals surface area contributed by atoms with E-state index in [9.17, 15) is 14.4 Å². The number of fused-ring (bicyclic) bond motifs is 1. The van der Waals surface area contributed by atoms with E-state index in [-0.39, 0.29) is 35.6 Å². The SMILES string of the molecule is CN(C(=O)CC1CCCC1)c1ccc2c(c1)nc(NC(=O)c1csc(N)n1)n2CCC(N)=O. The summed E-state index contributed by atoms with van der Waals surface area (Å²) in [5.41, 5.74) is 13.2. The first-order valence-corrected chi connectivity index (χ1v) is 11.8. The van der Waals surface area contributed by atoms with Gasteiger partial charge in [-0.2, -0.15) is 0 Å². The van der Waals surface area contributed by atoms with Crippen LogP contribution in [0.25, 0.3) is 11.0 Å². The van der Waals surface area contributed by atoms with Crippen molar-refractivity contribution in [3.8, 4) is 0 Å². The van der Waals surface area contributed by atoms with Crippen LogP contribution >= 0.6 is 11.3 Å². The number of nitrogen functional groups attached to an aromatic ring is 1. The molecule has 1 saturated carbocycles. The summed E-state index contributed by atoms with van der Waals surface area (Å²) in [6, 6.07) is 5.47. The van der Waals surface area contributed by atoms with Gasteiger partial charge in [0, 0.05) is 37.5 Å². The molecule has 2 heterocycles. The molecule has 0 atom stereocenters. The third kappa shape index (κ3) is 5.14. The number of carbonyl (C=O) groups excluding carboxylic acids is 3. The van der Waals surface area contributed by atoms with Crippen LogP contribution < -0.4 is 21.7 Å². The third-order valence-corrected chi connectivity index (χ3v) is 6.67. The van der Waals surface area contributed by atoms with E-state index in [4.69, 9.17) is 11.5 Å². The Balaban J connectivity index is 1.60. The highest BCUT2D eigenvalue weighted by Crippen LogP contribution is 2.30. The zero-order valence-corrected chi connectivity index (χ0v) is 19.2. The number of carbonyl (C=O) groups is 3. The highest BCUT2D eigenvalue weighted by atomic mass is 32.1. The molecule has 10 nitrogen and oxygen atoms in total. The largest absolute Gasteiger partial charge is 0.375 e. The number of aryl methyl sites for hydroxylation is 1. The molecule has 0 bridgehead atoms. The molecule has 0 aliphatic heterocycles. The number of nitrogens with zero attached hydrogens (tertiary/aromatic N) is 4. The van der Waals surface area contributed by atoms with Crippen LogP contribution in [0, 0.1) is 5.92 Å². The number of aromatic nitrogens is 3. The van der Waals surface area contributed by atoms with Crippen LogP contribution in [-0.2, 0) is 16.1 Å². The Morgan fingerprint density at radius 1 is 1.24 bits per heavy atom. The lowest BCUT2D eigenvalue weighted by Gasteiger charge is -2.19. The van der Waals surface area contributed by atoms with Gasteiger partial charge in [-0.3, -0.25) is 19.7 Å². The number of anilines is 3. The summed E-state index contributed by atoms with van der Waals surface area (Å²) in [5.74, 6) is -0.125. The first-order chi connectivity index (χ1) is 15.8. The topological polar surface area (TPSA) is 149 Å². The summed E-state index contributed by atoms with van der Waals surface area (Å²) in [7, 11) is 1.76. The van der Waals surface area contributed by atoms with Crippen LogP contribution in [0.3, 0.4) is 0 Å². The lowest BCUT2D eigenvalue weighted by molar-refractivity contribution is -0.119. The maximum Gasteiger partial charge on any atom is 0.277 e. The normalized spacial score (nSPS) is 14.0. The summed E-state index contributed by atoms with van der Waals surface area (Å²) < 4.78 is 1.72. The van der Waals surface area contributed by atoms with E-state index in [1.165, 1.54) is 24.2 Å². The fourth-order valence-electron chi connectivity index (χ4n) is 4.17. The van der Waals surface area contributed by atoms with Crippen LogP contribution in [0.15, 0.2) is 23.6 Å². The first-order valence-electron chi connectivity index (χ1n) is 10.9. The van der Waals surface area contributed by atoms with Crippen molar-refractivity contribution in [2.45, 2.75) is 45.1 Å². The van der Waals surface area contributed by atoms with Crippen molar-refractivity contribution < 1.29 is 14.4 Å². The molecular weight excluding hydrogens is 442 g/mol. The lowest BCUT2D eigenvalue weighted by Crippen LogP contribution is -2.27. The number of nitrogens with two attached hydrogens (primary N) is 2. The Hall–Kier alpha value is -3.47. The van der Waals surface area contributed by atoms with Crippen molar-refractivity contribution in [2.24, 2.45) is 11.7 Å². The molecule has 5 N–H and O–H groups in total. The lowest BCUT2D eigenvalue weighted by atomic mass is 10.0. The average Bonchev–Trinajstić information content (AvgIpc) is 3.51. The average molecular weight is 470 g/mol. The highest BCUT2D eigenvalue weighted by molar-refractivity contribution is 7.13. The molecule has 1 fully saturated rings. The maximum atomic E-state index is 12.8. The quantitative estimate of drug-likeness (QED) is 0.462. The van der Waals surface area contributed by atoms with E-state index in [1.807, 2.05) is 12.1 Å². The van der Waals surface area contributed by atoms with E-state index in [2.05, 4.69) is 15.3 Å². The summed E-state index contributed by atoms with van der Waals surface area (Å²) in [4.78, 5) is 46.9. The minimum atomic E-state index is -0.463. The number of amides is 3. The molecule has 0 saturated heterocycles. The second-order valence-electron chi connectivity index (χ2n) is 8.31. The molecule has 33 heavy (non-hydrogen) atoms. The van der Waals surface area contributed by atoms with Gasteiger partial charge in [0.1, 0.15) is 5.69 Å². The van der Waals surface area contributed by atoms with Crippen molar-refractivity contribution in [1.82, 2.24) is 14.5 Å². The number of nitrogens with one attached hydrogen (secondary N) is 1. The minimum Gasteiger partial charge on any atom is -0.375 e. The van der Waals surface area contributed by atoms with Crippen LogP contribution in [0.4, 0.5) is 16.8 Å². The number of primary amides is 1. The number of rotatable bonds is 8.